The molecule has 1 aromatic carbocycles. The largest absolute Gasteiger partial charge is 0.452 e. The summed E-state index contributed by atoms with van der Waals surface area (Å²) >= 11 is 0. The van der Waals surface area contributed by atoms with Gasteiger partial charge in [0.1, 0.15) is 5.56 Å². The lowest BCUT2D eigenvalue weighted by molar-refractivity contribution is -0.135. The molecule has 1 aliphatic heterocycles. The fraction of sp³-hybridized carbons (Fsp3) is 0.312. The first kappa shape index (κ1) is 15.1. The van der Waals surface area contributed by atoms with Crippen LogP contribution in [0.4, 0.5) is 5.88 Å². The smallest absolute Gasteiger partial charge is 0.346 e. The van der Waals surface area contributed by atoms with Crippen molar-refractivity contribution in [2.24, 2.45) is 0 Å². The van der Waals surface area contributed by atoms with Gasteiger partial charge in [-0.15, -0.1) is 0 Å². The molecule has 0 atom stereocenters. The van der Waals surface area contributed by atoms with Crippen LogP contribution in [0.5, 0.6) is 0 Å². The minimum absolute atomic E-state index is 0.0711. The first-order valence-corrected chi connectivity index (χ1v) is 7.29. The first-order chi connectivity index (χ1) is 11.1. The average molecular weight is 315 g/mol. The maximum Gasteiger partial charge on any atom is 0.346 e. The van der Waals surface area contributed by atoms with Gasteiger partial charge in [0.25, 0.3) is 5.91 Å². The Kier molecular flexibility index (Phi) is 4.01. The molecule has 1 amide bonds. The van der Waals surface area contributed by atoms with E-state index in [9.17, 15) is 9.59 Å². The normalized spacial score (nSPS) is 13.5. The lowest BCUT2D eigenvalue weighted by Crippen LogP contribution is -2.38. The van der Waals surface area contributed by atoms with Gasteiger partial charge in [0.05, 0.1) is 5.69 Å². The molecule has 0 aliphatic carbocycles. The SMILES string of the molecule is Cc1noc(N)c1C(=O)OCC(=O)N1CCc2ccccc2C1. The molecule has 7 nitrogen and oxygen atoms in total. The number of rotatable bonds is 3. The van der Waals surface area contributed by atoms with E-state index in [1.807, 2.05) is 18.2 Å². The number of nitrogen functional groups attached to an aromatic ring is 1. The van der Waals surface area contributed by atoms with Gasteiger partial charge in [0.15, 0.2) is 6.61 Å². The number of aryl methyl sites for hydroxylation is 1. The molecule has 3 rings (SSSR count). The first-order valence-electron chi connectivity index (χ1n) is 7.29. The molecular formula is C16H17N3O4. The maximum atomic E-state index is 12.2. The number of carbonyl (C=O) groups excluding carboxylic acids is 2. The number of hydrogen-bond acceptors (Lipinski definition) is 6. The van der Waals surface area contributed by atoms with E-state index in [0.717, 1.165) is 12.0 Å². The van der Waals surface area contributed by atoms with Crippen LogP contribution < -0.4 is 5.73 Å². The summed E-state index contributed by atoms with van der Waals surface area (Å²) < 4.78 is 9.75. The predicted molar refractivity (Wildman–Crippen MR) is 81.5 cm³/mol. The van der Waals surface area contributed by atoms with Gasteiger partial charge in [-0.2, -0.15) is 0 Å². The third-order valence-electron chi connectivity index (χ3n) is 3.90. The molecule has 1 aromatic heterocycles. The highest BCUT2D eigenvalue weighted by Crippen LogP contribution is 2.19. The van der Waals surface area contributed by atoms with Crippen LogP contribution >= 0.6 is 0 Å². The second kappa shape index (κ2) is 6.12. The van der Waals surface area contributed by atoms with Crippen LogP contribution in [0.15, 0.2) is 28.8 Å². The summed E-state index contributed by atoms with van der Waals surface area (Å²) in [6, 6.07) is 8.00. The number of nitrogens with two attached hydrogens (primary N) is 1. The van der Waals surface area contributed by atoms with Crippen molar-refractivity contribution in [3.8, 4) is 0 Å². The van der Waals surface area contributed by atoms with E-state index in [1.54, 1.807) is 11.8 Å². The third-order valence-corrected chi connectivity index (χ3v) is 3.90. The van der Waals surface area contributed by atoms with Gasteiger partial charge < -0.3 is 19.9 Å². The van der Waals surface area contributed by atoms with Crippen LogP contribution in [-0.4, -0.2) is 35.1 Å². The third kappa shape index (κ3) is 3.03. The summed E-state index contributed by atoms with van der Waals surface area (Å²) in [5.41, 5.74) is 8.30. The van der Waals surface area contributed by atoms with Crippen molar-refractivity contribution in [1.29, 1.82) is 0 Å². The van der Waals surface area contributed by atoms with E-state index in [1.165, 1.54) is 5.56 Å². The number of benzene rings is 1. The Bertz CT molecular complexity index is 734. The Hall–Kier alpha value is -2.83. The van der Waals surface area contributed by atoms with Crippen LogP contribution in [0.25, 0.3) is 0 Å². The summed E-state index contributed by atoms with van der Waals surface area (Å²) in [5.74, 6) is -1.04. The summed E-state index contributed by atoms with van der Waals surface area (Å²) in [6.07, 6.45) is 0.799. The molecule has 0 saturated heterocycles. The minimum Gasteiger partial charge on any atom is -0.452 e. The van der Waals surface area contributed by atoms with E-state index in [0.29, 0.717) is 18.8 Å². The molecule has 0 spiro atoms. The second-order valence-electron chi connectivity index (χ2n) is 5.42. The zero-order chi connectivity index (χ0) is 16.4. The van der Waals surface area contributed by atoms with Crippen LogP contribution in [0, 0.1) is 6.92 Å². The number of nitrogens with zero attached hydrogens (tertiary/aromatic N) is 2. The van der Waals surface area contributed by atoms with E-state index in [4.69, 9.17) is 15.0 Å². The van der Waals surface area contributed by atoms with Crippen molar-refractivity contribution in [3.05, 3.63) is 46.6 Å². The molecular weight excluding hydrogens is 298 g/mol. The van der Waals surface area contributed by atoms with E-state index >= 15 is 0 Å². The zero-order valence-corrected chi connectivity index (χ0v) is 12.7. The van der Waals surface area contributed by atoms with Crippen molar-refractivity contribution < 1.29 is 18.8 Å². The van der Waals surface area contributed by atoms with Gasteiger partial charge in [0.2, 0.25) is 5.88 Å². The van der Waals surface area contributed by atoms with E-state index in [-0.39, 0.29) is 24.0 Å². The van der Waals surface area contributed by atoms with Crippen LogP contribution in [0.3, 0.4) is 0 Å². The van der Waals surface area contributed by atoms with Gasteiger partial charge in [-0.05, 0) is 24.5 Å². The Balaban J connectivity index is 1.59. The number of esters is 1. The quantitative estimate of drug-likeness (QED) is 0.857. The molecule has 0 fully saturated rings. The van der Waals surface area contributed by atoms with Gasteiger partial charge in [0, 0.05) is 13.1 Å². The highest BCUT2D eigenvalue weighted by molar-refractivity contribution is 5.96. The highest BCUT2D eigenvalue weighted by atomic mass is 16.5. The number of aromatic nitrogens is 1. The lowest BCUT2D eigenvalue weighted by Gasteiger charge is -2.28. The maximum absolute atomic E-state index is 12.2. The van der Waals surface area contributed by atoms with Crippen LogP contribution in [0.2, 0.25) is 0 Å². The average Bonchev–Trinajstić information content (AvgIpc) is 2.90. The monoisotopic (exact) mass is 315 g/mol. The predicted octanol–water partition coefficient (Wildman–Crippen LogP) is 1.31. The summed E-state index contributed by atoms with van der Waals surface area (Å²) in [6.45, 7) is 2.40. The fourth-order valence-electron chi connectivity index (χ4n) is 2.63. The summed E-state index contributed by atoms with van der Waals surface area (Å²) in [4.78, 5) is 25.9. The van der Waals surface area contributed by atoms with Gasteiger partial charge >= 0.3 is 5.97 Å². The van der Waals surface area contributed by atoms with Gasteiger partial charge in [-0.1, -0.05) is 29.4 Å². The van der Waals surface area contributed by atoms with Gasteiger partial charge in [-0.3, -0.25) is 4.79 Å². The molecule has 0 unspecified atom stereocenters. The van der Waals surface area contributed by atoms with E-state index < -0.39 is 5.97 Å². The second-order valence-corrected chi connectivity index (χ2v) is 5.42. The molecule has 120 valence electrons. The molecule has 2 heterocycles. The number of fused-ring (bicyclic) bond motifs is 1. The van der Waals surface area contributed by atoms with Crippen molar-refractivity contribution in [1.82, 2.24) is 10.1 Å². The number of hydrogen-bond donors (Lipinski definition) is 1. The van der Waals surface area contributed by atoms with Crippen molar-refractivity contribution in [2.75, 3.05) is 18.9 Å². The molecule has 2 N–H and O–H groups in total. The van der Waals surface area contributed by atoms with Crippen LogP contribution in [0.1, 0.15) is 27.2 Å². The van der Waals surface area contributed by atoms with Gasteiger partial charge in [-0.25, -0.2) is 4.79 Å². The van der Waals surface area contributed by atoms with Crippen molar-refractivity contribution in [3.63, 3.8) is 0 Å². The van der Waals surface area contributed by atoms with E-state index in [2.05, 4.69) is 11.2 Å². The number of amides is 1. The Morgan fingerprint density at radius 3 is 2.78 bits per heavy atom. The molecule has 1 aliphatic rings. The van der Waals surface area contributed by atoms with Crippen molar-refractivity contribution >= 4 is 17.8 Å². The minimum atomic E-state index is -0.702. The zero-order valence-electron chi connectivity index (χ0n) is 12.7. The lowest BCUT2D eigenvalue weighted by atomic mass is 10.00. The molecule has 0 bridgehead atoms. The Morgan fingerprint density at radius 1 is 1.35 bits per heavy atom. The molecule has 0 saturated carbocycles. The highest BCUT2D eigenvalue weighted by Gasteiger charge is 2.24. The Morgan fingerprint density at radius 2 is 2.09 bits per heavy atom. The molecule has 23 heavy (non-hydrogen) atoms. The summed E-state index contributed by atoms with van der Waals surface area (Å²) in [7, 11) is 0. The topological polar surface area (TPSA) is 98.7 Å². The summed E-state index contributed by atoms with van der Waals surface area (Å²) in [5, 5.41) is 3.58. The Labute approximate surface area is 133 Å². The number of anilines is 1. The number of carbonyl (C=O) groups is 2. The molecule has 7 heteroatoms. The standard InChI is InChI=1S/C16H17N3O4/c1-10-14(15(17)23-18-10)16(21)22-9-13(20)19-7-6-11-4-2-3-5-12(11)8-19/h2-5H,6-9,17H2,1H3. The molecule has 2 aromatic rings. The number of ether oxygens (including phenoxy) is 1. The fourth-order valence-corrected chi connectivity index (χ4v) is 2.63. The van der Waals surface area contributed by atoms with Crippen molar-refractivity contribution in [2.45, 2.75) is 19.9 Å². The van der Waals surface area contributed by atoms with Crippen LogP contribution in [-0.2, 0) is 22.5 Å². The molecule has 0 radical (unpaired) electrons.